The van der Waals surface area contributed by atoms with Crippen LogP contribution in [0.3, 0.4) is 0 Å². The molecular formula is C18H28O2. The molecule has 112 valence electrons. The highest BCUT2D eigenvalue weighted by Crippen LogP contribution is 2.47. The molecule has 1 fully saturated rings. The molecule has 0 spiro atoms. The Labute approximate surface area is 123 Å². The topological polar surface area (TPSA) is 29.5 Å². The standard InChI is InChI=1S/C18H28O2/c1-5-14-6-8-15(9-7-14)16(19)18(20-4)12-10-17(2,3)11-13-18/h6-9,16,19H,5,10-13H2,1-4H3. The minimum atomic E-state index is -0.533. The van der Waals surface area contributed by atoms with Gasteiger partial charge < -0.3 is 9.84 Å². The lowest BCUT2D eigenvalue weighted by molar-refractivity contribution is -0.138. The fraction of sp³-hybridized carbons (Fsp3) is 0.667. The van der Waals surface area contributed by atoms with Gasteiger partial charge in [0.25, 0.3) is 0 Å². The first kappa shape index (κ1) is 15.5. The molecule has 2 rings (SSSR count). The quantitative estimate of drug-likeness (QED) is 0.890. The van der Waals surface area contributed by atoms with Gasteiger partial charge in [-0.1, -0.05) is 45.0 Å². The predicted octanol–water partition coefficient (Wildman–Crippen LogP) is 4.27. The lowest BCUT2D eigenvalue weighted by Crippen LogP contribution is -2.43. The van der Waals surface area contributed by atoms with Crippen LogP contribution in [0.5, 0.6) is 0 Å². The van der Waals surface area contributed by atoms with Gasteiger partial charge in [-0.05, 0) is 48.6 Å². The summed E-state index contributed by atoms with van der Waals surface area (Å²) in [5.74, 6) is 0. The van der Waals surface area contributed by atoms with Crippen molar-refractivity contribution in [2.45, 2.75) is 64.6 Å². The van der Waals surface area contributed by atoms with Crippen molar-refractivity contribution in [1.82, 2.24) is 0 Å². The van der Waals surface area contributed by atoms with Crippen LogP contribution >= 0.6 is 0 Å². The summed E-state index contributed by atoms with van der Waals surface area (Å²) in [5, 5.41) is 10.8. The first-order chi connectivity index (χ1) is 9.42. The maximum Gasteiger partial charge on any atom is 0.108 e. The smallest absolute Gasteiger partial charge is 0.108 e. The zero-order valence-corrected chi connectivity index (χ0v) is 13.3. The second kappa shape index (κ2) is 5.87. The van der Waals surface area contributed by atoms with E-state index in [0.29, 0.717) is 5.41 Å². The Balaban J connectivity index is 2.18. The fourth-order valence-corrected chi connectivity index (χ4v) is 3.18. The summed E-state index contributed by atoms with van der Waals surface area (Å²) >= 11 is 0. The van der Waals surface area contributed by atoms with Gasteiger partial charge >= 0.3 is 0 Å². The zero-order chi connectivity index (χ0) is 14.8. The van der Waals surface area contributed by atoms with Gasteiger partial charge in [0, 0.05) is 7.11 Å². The van der Waals surface area contributed by atoms with Crippen molar-refractivity contribution in [3.05, 3.63) is 35.4 Å². The van der Waals surface area contributed by atoms with Crippen molar-refractivity contribution in [3.63, 3.8) is 0 Å². The van der Waals surface area contributed by atoms with Gasteiger partial charge in [0.15, 0.2) is 0 Å². The molecule has 1 aliphatic carbocycles. The molecule has 1 aliphatic rings. The highest BCUT2D eigenvalue weighted by Gasteiger charge is 2.44. The molecule has 0 amide bonds. The zero-order valence-electron chi connectivity index (χ0n) is 13.3. The van der Waals surface area contributed by atoms with Crippen molar-refractivity contribution >= 4 is 0 Å². The third-order valence-electron chi connectivity index (χ3n) is 5.06. The minimum Gasteiger partial charge on any atom is -0.385 e. The fourth-order valence-electron chi connectivity index (χ4n) is 3.18. The first-order valence-electron chi connectivity index (χ1n) is 7.74. The van der Waals surface area contributed by atoms with Crippen molar-refractivity contribution in [3.8, 4) is 0 Å². The summed E-state index contributed by atoms with van der Waals surface area (Å²) in [7, 11) is 1.74. The van der Waals surface area contributed by atoms with Crippen molar-refractivity contribution in [2.75, 3.05) is 7.11 Å². The summed E-state index contributed by atoms with van der Waals surface area (Å²) < 4.78 is 5.79. The molecule has 1 N–H and O–H groups in total. The van der Waals surface area contributed by atoms with Crippen LogP contribution in [0.15, 0.2) is 24.3 Å². The van der Waals surface area contributed by atoms with Gasteiger partial charge in [-0.25, -0.2) is 0 Å². The minimum absolute atomic E-state index is 0.369. The van der Waals surface area contributed by atoms with Crippen molar-refractivity contribution in [1.29, 1.82) is 0 Å². The SMILES string of the molecule is CCc1ccc(C(O)C2(OC)CCC(C)(C)CC2)cc1. The number of aryl methyl sites for hydroxylation is 1. The monoisotopic (exact) mass is 276 g/mol. The lowest BCUT2D eigenvalue weighted by atomic mass is 9.68. The average Bonchev–Trinajstić information content (AvgIpc) is 2.47. The maximum absolute atomic E-state index is 10.8. The molecule has 0 radical (unpaired) electrons. The van der Waals surface area contributed by atoms with Crippen LogP contribution in [0.1, 0.15) is 63.7 Å². The molecule has 1 unspecified atom stereocenters. The third-order valence-corrected chi connectivity index (χ3v) is 5.06. The number of hydrogen-bond acceptors (Lipinski definition) is 2. The van der Waals surface area contributed by atoms with Crippen LogP contribution in [0, 0.1) is 5.41 Å². The van der Waals surface area contributed by atoms with Crippen LogP contribution < -0.4 is 0 Å². The molecular weight excluding hydrogens is 248 g/mol. The van der Waals surface area contributed by atoms with Gasteiger partial charge in [-0.15, -0.1) is 0 Å². The van der Waals surface area contributed by atoms with E-state index in [1.165, 1.54) is 5.56 Å². The second-order valence-electron chi connectivity index (χ2n) is 6.93. The molecule has 2 nitrogen and oxygen atoms in total. The predicted molar refractivity (Wildman–Crippen MR) is 82.8 cm³/mol. The van der Waals surface area contributed by atoms with E-state index in [1.807, 2.05) is 12.1 Å². The van der Waals surface area contributed by atoms with E-state index in [9.17, 15) is 5.11 Å². The van der Waals surface area contributed by atoms with E-state index in [4.69, 9.17) is 4.74 Å². The molecule has 1 aromatic rings. The van der Waals surface area contributed by atoms with Crippen molar-refractivity contribution in [2.24, 2.45) is 5.41 Å². The Morgan fingerprint density at radius 3 is 2.10 bits per heavy atom. The molecule has 0 bridgehead atoms. The Bertz CT molecular complexity index is 423. The number of rotatable bonds is 4. The summed E-state index contributed by atoms with van der Waals surface area (Å²) in [6, 6.07) is 8.30. The third kappa shape index (κ3) is 3.07. The summed E-state index contributed by atoms with van der Waals surface area (Å²) in [6.45, 7) is 6.75. The van der Waals surface area contributed by atoms with E-state index >= 15 is 0 Å². The van der Waals surface area contributed by atoms with E-state index in [0.717, 1.165) is 37.7 Å². The summed E-state index contributed by atoms with van der Waals surface area (Å²) in [5.41, 5.74) is 2.23. The number of ether oxygens (including phenoxy) is 1. The Morgan fingerprint density at radius 1 is 1.10 bits per heavy atom. The molecule has 0 heterocycles. The van der Waals surface area contributed by atoms with Gasteiger partial charge in [0.2, 0.25) is 0 Å². The number of methoxy groups -OCH3 is 1. The number of benzene rings is 1. The summed E-state index contributed by atoms with van der Waals surface area (Å²) in [6.07, 6.45) is 4.55. The highest BCUT2D eigenvalue weighted by molar-refractivity contribution is 5.26. The number of aliphatic hydroxyl groups excluding tert-OH is 1. The van der Waals surface area contributed by atoms with E-state index < -0.39 is 11.7 Å². The van der Waals surface area contributed by atoms with Crippen LogP contribution in [0.2, 0.25) is 0 Å². The largest absolute Gasteiger partial charge is 0.385 e. The van der Waals surface area contributed by atoms with Crippen LogP contribution in [-0.2, 0) is 11.2 Å². The van der Waals surface area contributed by atoms with Crippen molar-refractivity contribution < 1.29 is 9.84 Å². The Morgan fingerprint density at radius 2 is 1.65 bits per heavy atom. The van der Waals surface area contributed by atoms with Gasteiger partial charge in [0.1, 0.15) is 6.10 Å². The Hall–Kier alpha value is -0.860. The normalized spacial score (nSPS) is 22.4. The van der Waals surface area contributed by atoms with Crippen LogP contribution in [0.4, 0.5) is 0 Å². The molecule has 1 atom stereocenters. The number of hydrogen-bond donors (Lipinski definition) is 1. The van der Waals surface area contributed by atoms with Gasteiger partial charge in [-0.3, -0.25) is 0 Å². The second-order valence-corrected chi connectivity index (χ2v) is 6.93. The first-order valence-corrected chi connectivity index (χ1v) is 7.74. The molecule has 2 heteroatoms. The molecule has 1 aromatic carbocycles. The molecule has 20 heavy (non-hydrogen) atoms. The lowest BCUT2D eigenvalue weighted by Gasteiger charge is -2.45. The molecule has 0 aromatic heterocycles. The van der Waals surface area contributed by atoms with Gasteiger partial charge in [0.05, 0.1) is 5.60 Å². The number of aliphatic hydroxyl groups is 1. The molecule has 0 aliphatic heterocycles. The van der Waals surface area contributed by atoms with Crippen LogP contribution in [0.25, 0.3) is 0 Å². The Kier molecular flexibility index (Phi) is 4.55. The van der Waals surface area contributed by atoms with E-state index in [-0.39, 0.29) is 0 Å². The highest BCUT2D eigenvalue weighted by atomic mass is 16.5. The van der Waals surface area contributed by atoms with E-state index in [1.54, 1.807) is 7.11 Å². The molecule has 1 saturated carbocycles. The molecule has 0 saturated heterocycles. The van der Waals surface area contributed by atoms with Crippen LogP contribution in [-0.4, -0.2) is 17.8 Å². The van der Waals surface area contributed by atoms with Gasteiger partial charge in [-0.2, -0.15) is 0 Å². The van der Waals surface area contributed by atoms with E-state index in [2.05, 4.69) is 32.9 Å². The summed E-state index contributed by atoms with van der Waals surface area (Å²) in [4.78, 5) is 0. The average molecular weight is 276 g/mol. The maximum atomic E-state index is 10.8.